The zero-order valence-corrected chi connectivity index (χ0v) is 17.7. The molecule has 4 nitrogen and oxygen atoms in total. The van der Waals surface area contributed by atoms with Gasteiger partial charge in [-0.1, -0.05) is 26.0 Å². The predicted octanol–water partition coefficient (Wildman–Crippen LogP) is 5.47. The average Bonchev–Trinajstić information content (AvgIpc) is 2.87. The van der Waals surface area contributed by atoms with E-state index >= 15 is 0 Å². The summed E-state index contributed by atoms with van der Waals surface area (Å²) in [5.41, 5.74) is 1.69. The Balaban J connectivity index is 1.80. The van der Waals surface area contributed by atoms with E-state index in [1.54, 1.807) is 6.92 Å². The third kappa shape index (κ3) is 5.93. The summed E-state index contributed by atoms with van der Waals surface area (Å²) in [4.78, 5) is 0. The van der Waals surface area contributed by atoms with Crippen molar-refractivity contribution in [2.24, 2.45) is 0 Å². The normalized spacial score (nSPS) is 11.7. The molecule has 0 aliphatic carbocycles. The van der Waals surface area contributed by atoms with Crippen molar-refractivity contribution < 1.29 is 13.2 Å². The second-order valence-electron chi connectivity index (χ2n) is 6.48. The van der Waals surface area contributed by atoms with Crippen molar-refractivity contribution in [1.82, 2.24) is 15.1 Å². The third-order valence-electron chi connectivity index (χ3n) is 4.07. The second kappa shape index (κ2) is 9.05. The van der Waals surface area contributed by atoms with E-state index in [1.807, 2.05) is 24.3 Å². The number of nitrogens with zero attached hydrogens (tertiary/aromatic N) is 2. The molecule has 2 aromatic rings. The Hall–Kier alpha value is -1.61. The monoisotopic (exact) mass is 462 g/mol. The van der Waals surface area contributed by atoms with Crippen LogP contribution in [-0.4, -0.2) is 21.4 Å². The number of nitrogens with one attached hydrogen (secondary N) is 2. The van der Waals surface area contributed by atoms with E-state index in [0.717, 1.165) is 5.69 Å². The van der Waals surface area contributed by atoms with Gasteiger partial charge in [0.15, 0.2) is 10.8 Å². The van der Waals surface area contributed by atoms with Crippen LogP contribution in [0.1, 0.15) is 43.1 Å². The molecular formula is C18H22BrF3N4S. The summed E-state index contributed by atoms with van der Waals surface area (Å²) in [6.45, 7) is 6.75. The van der Waals surface area contributed by atoms with Crippen LogP contribution in [0.3, 0.4) is 0 Å². The minimum Gasteiger partial charge on any atom is -0.362 e. The van der Waals surface area contributed by atoms with Gasteiger partial charge in [-0.25, -0.2) is 0 Å². The number of aryl methyl sites for hydroxylation is 1. The van der Waals surface area contributed by atoms with Crippen LogP contribution in [0, 0.1) is 6.92 Å². The quantitative estimate of drug-likeness (QED) is 0.440. The molecule has 2 rings (SSSR count). The van der Waals surface area contributed by atoms with Crippen LogP contribution in [0.25, 0.3) is 0 Å². The lowest BCUT2D eigenvalue weighted by Crippen LogP contribution is -2.29. The Bertz CT molecular complexity index is 785. The van der Waals surface area contributed by atoms with Gasteiger partial charge in [0.2, 0.25) is 0 Å². The molecule has 0 saturated carbocycles. The van der Waals surface area contributed by atoms with Gasteiger partial charge in [0.05, 0.1) is 10.2 Å². The molecule has 1 heterocycles. The first-order valence-corrected chi connectivity index (χ1v) is 9.74. The highest BCUT2D eigenvalue weighted by Gasteiger charge is 2.37. The Morgan fingerprint density at radius 3 is 2.41 bits per heavy atom. The van der Waals surface area contributed by atoms with Crippen LogP contribution < -0.4 is 10.6 Å². The fourth-order valence-corrected chi connectivity index (χ4v) is 3.21. The maximum Gasteiger partial charge on any atom is 0.436 e. The number of aromatic nitrogens is 2. The molecule has 0 bridgehead atoms. The zero-order valence-electron chi connectivity index (χ0n) is 15.3. The summed E-state index contributed by atoms with van der Waals surface area (Å²) < 4.78 is 40.0. The number of rotatable bonds is 6. The van der Waals surface area contributed by atoms with E-state index < -0.39 is 11.9 Å². The summed E-state index contributed by atoms with van der Waals surface area (Å²) in [7, 11) is 0. The Morgan fingerprint density at radius 2 is 1.89 bits per heavy atom. The first-order valence-electron chi connectivity index (χ1n) is 8.54. The molecule has 0 aliphatic rings. The van der Waals surface area contributed by atoms with Gasteiger partial charge >= 0.3 is 6.18 Å². The molecular weight excluding hydrogens is 441 g/mol. The number of benzene rings is 1. The number of alkyl halides is 3. The molecule has 9 heteroatoms. The van der Waals surface area contributed by atoms with E-state index in [1.165, 1.54) is 10.2 Å². The summed E-state index contributed by atoms with van der Waals surface area (Å²) in [5.74, 6) is 0.466. The van der Waals surface area contributed by atoms with E-state index in [-0.39, 0.29) is 4.47 Å². The van der Waals surface area contributed by atoms with E-state index in [9.17, 15) is 13.2 Å². The summed E-state index contributed by atoms with van der Waals surface area (Å²) in [5, 5.41) is 10.3. The van der Waals surface area contributed by atoms with Gasteiger partial charge < -0.3 is 10.6 Å². The Labute approximate surface area is 170 Å². The molecule has 0 fully saturated rings. The van der Waals surface area contributed by atoms with Crippen molar-refractivity contribution in [3.63, 3.8) is 0 Å². The molecule has 1 aromatic carbocycles. The highest BCUT2D eigenvalue weighted by atomic mass is 79.9. The van der Waals surface area contributed by atoms with Gasteiger partial charge in [0, 0.05) is 18.8 Å². The lowest BCUT2D eigenvalue weighted by molar-refractivity contribution is -0.142. The van der Waals surface area contributed by atoms with Crippen LogP contribution in [0.4, 0.5) is 18.9 Å². The smallest absolute Gasteiger partial charge is 0.362 e. The van der Waals surface area contributed by atoms with Crippen LogP contribution in [0.15, 0.2) is 28.7 Å². The molecule has 0 radical (unpaired) electrons. The van der Waals surface area contributed by atoms with E-state index in [2.05, 4.69) is 45.5 Å². The maximum absolute atomic E-state index is 12.9. The lowest BCUT2D eigenvalue weighted by Gasteiger charge is -2.12. The minimum absolute atomic E-state index is 0.00927. The maximum atomic E-state index is 12.9. The fraction of sp³-hybridized carbons (Fsp3) is 0.444. The van der Waals surface area contributed by atoms with Gasteiger partial charge in [-0.2, -0.15) is 18.3 Å². The molecule has 2 N–H and O–H groups in total. The van der Waals surface area contributed by atoms with Gasteiger partial charge in [-0.05, 0) is 65.1 Å². The van der Waals surface area contributed by atoms with E-state index in [4.69, 9.17) is 12.2 Å². The van der Waals surface area contributed by atoms with Crippen molar-refractivity contribution in [3.05, 3.63) is 45.7 Å². The van der Waals surface area contributed by atoms with Gasteiger partial charge in [0.1, 0.15) is 0 Å². The van der Waals surface area contributed by atoms with Crippen LogP contribution >= 0.6 is 28.1 Å². The number of anilines is 1. The second-order valence-corrected chi connectivity index (χ2v) is 7.68. The number of halogens is 4. The Morgan fingerprint density at radius 1 is 1.26 bits per heavy atom. The standard InChI is InChI=1S/C18H22BrF3N4S/c1-11(2)13-5-7-14(8-6-13)24-17(27)23-9-4-10-26-12(3)15(19)16(25-26)18(20,21)22/h5-8,11H,4,9-10H2,1-3H3,(H2,23,24,27). The summed E-state index contributed by atoms with van der Waals surface area (Å²) >= 11 is 8.22. The van der Waals surface area contributed by atoms with Crippen molar-refractivity contribution in [2.75, 3.05) is 11.9 Å². The van der Waals surface area contributed by atoms with Crippen molar-refractivity contribution in [3.8, 4) is 0 Å². The molecule has 0 amide bonds. The SMILES string of the molecule is Cc1c(Br)c(C(F)(F)F)nn1CCCNC(=S)Nc1ccc(C(C)C)cc1. The number of hydrogen-bond donors (Lipinski definition) is 2. The molecule has 0 aliphatic heterocycles. The lowest BCUT2D eigenvalue weighted by atomic mass is 10.0. The van der Waals surface area contributed by atoms with Crippen molar-refractivity contribution in [2.45, 2.75) is 45.8 Å². The van der Waals surface area contributed by atoms with Gasteiger partial charge in [-0.15, -0.1) is 0 Å². The Kier molecular flexibility index (Phi) is 7.27. The summed E-state index contributed by atoms with van der Waals surface area (Å²) in [6.07, 6.45) is -3.88. The summed E-state index contributed by atoms with van der Waals surface area (Å²) in [6, 6.07) is 8.03. The average molecular weight is 463 g/mol. The van der Waals surface area contributed by atoms with Crippen LogP contribution in [0.2, 0.25) is 0 Å². The first-order chi connectivity index (χ1) is 12.6. The van der Waals surface area contributed by atoms with Gasteiger partial charge in [-0.3, -0.25) is 4.68 Å². The number of hydrogen-bond acceptors (Lipinski definition) is 2. The number of thiocarbonyl (C=S) groups is 1. The highest BCUT2D eigenvalue weighted by Crippen LogP contribution is 2.35. The molecule has 0 atom stereocenters. The van der Waals surface area contributed by atoms with Crippen LogP contribution in [0.5, 0.6) is 0 Å². The van der Waals surface area contributed by atoms with Crippen molar-refractivity contribution >= 4 is 38.9 Å². The largest absolute Gasteiger partial charge is 0.436 e. The zero-order chi connectivity index (χ0) is 20.2. The van der Waals surface area contributed by atoms with Gasteiger partial charge in [0.25, 0.3) is 0 Å². The molecule has 27 heavy (non-hydrogen) atoms. The predicted molar refractivity (Wildman–Crippen MR) is 109 cm³/mol. The molecule has 0 saturated heterocycles. The molecule has 0 spiro atoms. The first kappa shape index (κ1) is 21.7. The molecule has 1 aromatic heterocycles. The third-order valence-corrected chi connectivity index (χ3v) is 5.27. The molecule has 148 valence electrons. The van der Waals surface area contributed by atoms with E-state index in [0.29, 0.717) is 36.2 Å². The topological polar surface area (TPSA) is 41.9 Å². The minimum atomic E-state index is -4.47. The van der Waals surface area contributed by atoms with Crippen LogP contribution in [-0.2, 0) is 12.7 Å². The molecule has 0 unspecified atom stereocenters. The highest BCUT2D eigenvalue weighted by molar-refractivity contribution is 9.10. The fourth-order valence-electron chi connectivity index (χ4n) is 2.48. The van der Waals surface area contributed by atoms with Crippen molar-refractivity contribution in [1.29, 1.82) is 0 Å².